The summed E-state index contributed by atoms with van der Waals surface area (Å²) < 4.78 is 0. The summed E-state index contributed by atoms with van der Waals surface area (Å²) >= 11 is 5.68. The van der Waals surface area contributed by atoms with Crippen LogP contribution in [0.25, 0.3) is 0 Å². The highest BCUT2D eigenvalue weighted by molar-refractivity contribution is 6.32. The Morgan fingerprint density at radius 1 is 1.46 bits per heavy atom. The number of rotatable bonds is 2. The second-order valence-corrected chi connectivity index (χ2v) is 3.20. The summed E-state index contributed by atoms with van der Waals surface area (Å²) in [4.78, 5) is 18.9. The SMILES string of the molecule is CC(C)C(=O)Nc1nccnc1Cl. The second-order valence-electron chi connectivity index (χ2n) is 2.84. The largest absolute Gasteiger partial charge is 0.308 e. The third kappa shape index (κ3) is 2.66. The number of carbonyl (C=O) groups is 1. The van der Waals surface area contributed by atoms with Crippen LogP contribution in [0.5, 0.6) is 0 Å². The number of hydrogen-bond donors (Lipinski definition) is 1. The Kier molecular flexibility index (Phi) is 3.19. The first-order valence-electron chi connectivity index (χ1n) is 3.88. The van der Waals surface area contributed by atoms with Gasteiger partial charge in [0.05, 0.1) is 0 Å². The van der Waals surface area contributed by atoms with Crippen LogP contribution in [0.4, 0.5) is 5.82 Å². The van der Waals surface area contributed by atoms with E-state index >= 15 is 0 Å². The average Bonchev–Trinajstić information content (AvgIpc) is 2.08. The monoisotopic (exact) mass is 199 g/mol. The van der Waals surface area contributed by atoms with E-state index in [1.54, 1.807) is 13.8 Å². The fraction of sp³-hybridized carbons (Fsp3) is 0.375. The minimum Gasteiger partial charge on any atom is -0.308 e. The Hall–Kier alpha value is -1.16. The van der Waals surface area contributed by atoms with Crippen LogP contribution in [-0.2, 0) is 4.79 Å². The van der Waals surface area contributed by atoms with E-state index < -0.39 is 0 Å². The molecule has 70 valence electrons. The molecule has 5 heteroatoms. The average molecular weight is 200 g/mol. The van der Waals surface area contributed by atoms with Crippen molar-refractivity contribution in [3.63, 3.8) is 0 Å². The molecule has 0 aliphatic rings. The van der Waals surface area contributed by atoms with Gasteiger partial charge in [-0.3, -0.25) is 4.79 Å². The molecule has 0 fully saturated rings. The van der Waals surface area contributed by atoms with E-state index in [9.17, 15) is 4.79 Å². The molecule has 0 saturated heterocycles. The van der Waals surface area contributed by atoms with Crippen molar-refractivity contribution in [1.82, 2.24) is 9.97 Å². The van der Waals surface area contributed by atoms with Crippen LogP contribution in [0, 0.1) is 5.92 Å². The fourth-order valence-corrected chi connectivity index (χ4v) is 0.818. The summed E-state index contributed by atoms with van der Waals surface area (Å²) in [7, 11) is 0. The number of anilines is 1. The Morgan fingerprint density at radius 2 is 2.08 bits per heavy atom. The Labute approximate surface area is 81.3 Å². The Bertz CT molecular complexity index is 314. The number of nitrogens with zero attached hydrogens (tertiary/aromatic N) is 2. The molecule has 0 aromatic carbocycles. The number of nitrogens with one attached hydrogen (secondary N) is 1. The fourth-order valence-electron chi connectivity index (χ4n) is 0.666. The molecule has 1 aromatic rings. The molecule has 0 spiro atoms. The molecular formula is C8H10ClN3O. The quantitative estimate of drug-likeness (QED) is 0.789. The van der Waals surface area contributed by atoms with Crippen molar-refractivity contribution in [2.24, 2.45) is 5.92 Å². The highest BCUT2D eigenvalue weighted by Gasteiger charge is 2.10. The predicted molar refractivity (Wildman–Crippen MR) is 50.5 cm³/mol. The normalized spacial score (nSPS) is 10.2. The van der Waals surface area contributed by atoms with E-state index in [0.717, 1.165) is 0 Å². The lowest BCUT2D eigenvalue weighted by atomic mass is 10.2. The van der Waals surface area contributed by atoms with Gasteiger partial charge in [0.15, 0.2) is 11.0 Å². The number of halogens is 1. The molecule has 0 bridgehead atoms. The molecule has 1 N–H and O–H groups in total. The van der Waals surface area contributed by atoms with Gasteiger partial charge in [-0.25, -0.2) is 9.97 Å². The van der Waals surface area contributed by atoms with Crippen molar-refractivity contribution in [2.45, 2.75) is 13.8 Å². The van der Waals surface area contributed by atoms with E-state index in [4.69, 9.17) is 11.6 Å². The van der Waals surface area contributed by atoms with Crippen LogP contribution in [0.15, 0.2) is 12.4 Å². The molecule has 0 saturated carbocycles. The van der Waals surface area contributed by atoms with Gasteiger partial charge in [0.25, 0.3) is 0 Å². The molecule has 0 aliphatic carbocycles. The molecule has 0 aliphatic heterocycles. The highest BCUT2D eigenvalue weighted by atomic mass is 35.5. The molecule has 0 radical (unpaired) electrons. The van der Waals surface area contributed by atoms with Gasteiger partial charge < -0.3 is 5.32 Å². The Morgan fingerprint density at radius 3 is 2.62 bits per heavy atom. The zero-order chi connectivity index (χ0) is 9.84. The summed E-state index contributed by atoms with van der Waals surface area (Å²) in [6.07, 6.45) is 2.94. The van der Waals surface area contributed by atoms with Crippen molar-refractivity contribution in [1.29, 1.82) is 0 Å². The molecule has 0 atom stereocenters. The van der Waals surface area contributed by atoms with Crippen LogP contribution < -0.4 is 5.32 Å². The van der Waals surface area contributed by atoms with Gasteiger partial charge in [0.2, 0.25) is 5.91 Å². The van der Waals surface area contributed by atoms with E-state index in [1.807, 2.05) is 0 Å². The van der Waals surface area contributed by atoms with Crippen LogP contribution in [0.1, 0.15) is 13.8 Å². The van der Waals surface area contributed by atoms with Gasteiger partial charge >= 0.3 is 0 Å². The molecule has 1 amide bonds. The second kappa shape index (κ2) is 4.18. The predicted octanol–water partition coefficient (Wildman–Crippen LogP) is 1.72. The first-order valence-corrected chi connectivity index (χ1v) is 4.26. The molecule has 1 aromatic heterocycles. The lowest BCUT2D eigenvalue weighted by molar-refractivity contribution is -0.118. The topological polar surface area (TPSA) is 54.9 Å². The standard InChI is InChI=1S/C8H10ClN3O/c1-5(2)8(13)12-7-6(9)10-3-4-11-7/h3-5H,1-2H3,(H,11,12,13). The molecule has 1 heterocycles. The van der Waals surface area contributed by atoms with Gasteiger partial charge in [-0.05, 0) is 0 Å². The van der Waals surface area contributed by atoms with Gasteiger partial charge in [-0.2, -0.15) is 0 Å². The van der Waals surface area contributed by atoms with Crippen molar-refractivity contribution in [3.05, 3.63) is 17.5 Å². The zero-order valence-corrected chi connectivity index (χ0v) is 8.17. The summed E-state index contributed by atoms with van der Waals surface area (Å²) in [5.74, 6) is 0.0864. The molecule has 4 nitrogen and oxygen atoms in total. The van der Waals surface area contributed by atoms with Crippen molar-refractivity contribution in [3.8, 4) is 0 Å². The lowest BCUT2D eigenvalue weighted by Gasteiger charge is -2.06. The number of carbonyl (C=O) groups excluding carboxylic acids is 1. The summed E-state index contributed by atoms with van der Waals surface area (Å²) in [5, 5.41) is 2.77. The highest BCUT2D eigenvalue weighted by Crippen LogP contribution is 2.14. The maximum atomic E-state index is 11.2. The third-order valence-electron chi connectivity index (χ3n) is 1.42. The maximum Gasteiger partial charge on any atom is 0.228 e. The molecule has 1 rings (SSSR count). The smallest absolute Gasteiger partial charge is 0.228 e. The number of amides is 1. The van der Waals surface area contributed by atoms with Crippen LogP contribution in [0.2, 0.25) is 5.15 Å². The van der Waals surface area contributed by atoms with Crippen molar-refractivity contribution in [2.75, 3.05) is 5.32 Å². The minimum absolute atomic E-state index is 0.0990. The van der Waals surface area contributed by atoms with Crippen LogP contribution in [0.3, 0.4) is 0 Å². The van der Waals surface area contributed by atoms with E-state index in [1.165, 1.54) is 12.4 Å². The van der Waals surface area contributed by atoms with Crippen LogP contribution >= 0.6 is 11.6 Å². The summed E-state index contributed by atoms with van der Waals surface area (Å²) in [6.45, 7) is 3.58. The zero-order valence-electron chi connectivity index (χ0n) is 7.41. The summed E-state index contributed by atoms with van der Waals surface area (Å²) in [5.41, 5.74) is 0. The van der Waals surface area contributed by atoms with E-state index in [-0.39, 0.29) is 17.0 Å². The minimum atomic E-state index is -0.123. The van der Waals surface area contributed by atoms with Gasteiger partial charge in [0, 0.05) is 18.3 Å². The van der Waals surface area contributed by atoms with Crippen LogP contribution in [-0.4, -0.2) is 15.9 Å². The van der Waals surface area contributed by atoms with Crippen molar-refractivity contribution < 1.29 is 4.79 Å². The van der Waals surface area contributed by atoms with Crippen molar-refractivity contribution >= 4 is 23.3 Å². The third-order valence-corrected chi connectivity index (χ3v) is 1.70. The molecular weight excluding hydrogens is 190 g/mol. The van der Waals surface area contributed by atoms with Gasteiger partial charge in [0.1, 0.15) is 0 Å². The van der Waals surface area contributed by atoms with Gasteiger partial charge in [-0.1, -0.05) is 25.4 Å². The number of hydrogen-bond acceptors (Lipinski definition) is 3. The van der Waals surface area contributed by atoms with E-state index in [0.29, 0.717) is 5.82 Å². The molecule has 13 heavy (non-hydrogen) atoms. The Balaban J connectivity index is 2.75. The first kappa shape index (κ1) is 9.92. The van der Waals surface area contributed by atoms with Gasteiger partial charge in [-0.15, -0.1) is 0 Å². The molecule has 0 unspecified atom stereocenters. The first-order chi connectivity index (χ1) is 6.11. The maximum absolute atomic E-state index is 11.2. The lowest BCUT2D eigenvalue weighted by Crippen LogP contribution is -2.18. The summed E-state index contributed by atoms with van der Waals surface area (Å²) in [6, 6.07) is 0. The van der Waals surface area contributed by atoms with E-state index in [2.05, 4.69) is 15.3 Å². The number of aromatic nitrogens is 2.